The molecule has 0 amide bonds. The maximum absolute atomic E-state index is 13.5. The van der Waals surface area contributed by atoms with E-state index in [4.69, 9.17) is 5.41 Å². The van der Waals surface area contributed by atoms with Crippen LogP contribution >= 0.6 is 0 Å². The van der Waals surface area contributed by atoms with Gasteiger partial charge in [0.15, 0.2) is 5.84 Å². The quantitative estimate of drug-likeness (QED) is 0.251. The van der Waals surface area contributed by atoms with E-state index in [1.807, 2.05) is 31.7 Å². The zero-order chi connectivity index (χ0) is 27.0. The molecule has 39 heavy (non-hydrogen) atoms. The molecule has 4 heterocycles. The highest BCUT2D eigenvalue weighted by Gasteiger charge is 2.47. The average molecular weight is 528 g/mol. The number of hydrogen-bond acceptors (Lipinski definition) is 6. The Kier molecular flexibility index (Phi) is 6.43. The minimum atomic E-state index is -1.23. The molecular weight excluding hydrogens is 497 g/mol. The molecule has 0 radical (unpaired) electrons. The Morgan fingerprint density at radius 2 is 1.79 bits per heavy atom. The lowest BCUT2D eigenvalue weighted by atomic mass is 9.83. The summed E-state index contributed by atoms with van der Waals surface area (Å²) in [6.07, 6.45) is 12.0. The Morgan fingerprint density at radius 1 is 1.08 bits per heavy atom. The van der Waals surface area contributed by atoms with E-state index in [0.717, 1.165) is 36.0 Å². The van der Waals surface area contributed by atoms with Crippen LogP contribution in [-0.4, -0.2) is 73.1 Å². The molecule has 3 N–H and O–H groups in total. The Hall–Kier alpha value is -4.38. The summed E-state index contributed by atoms with van der Waals surface area (Å²) in [7, 11) is 1.88. The first-order valence-electron chi connectivity index (χ1n) is 13.0. The molecule has 11 heteroatoms. The summed E-state index contributed by atoms with van der Waals surface area (Å²) < 4.78 is 15.3. The second-order valence-corrected chi connectivity index (χ2v) is 10.1. The van der Waals surface area contributed by atoms with Crippen LogP contribution in [0, 0.1) is 17.1 Å². The number of hydrogen-bond donors (Lipinski definition) is 3. The number of H-pyrrole nitrogens is 1. The van der Waals surface area contributed by atoms with Crippen LogP contribution in [-0.2, 0) is 12.6 Å². The van der Waals surface area contributed by atoms with E-state index in [-0.39, 0.29) is 11.7 Å². The van der Waals surface area contributed by atoms with Gasteiger partial charge in [-0.15, -0.1) is 0 Å². The molecule has 1 saturated carbocycles. The number of aromatic nitrogens is 5. The summed E-state index contributed by atoms with van der Waals surface area (Å²) in [5.41, 5.74) is 2.91. The number of piperazine rings is 1. The third kappa shape index (κ3) is 4.81. The van der Waals surface area contributed by atoms with Crippen LogP contribution in [0.4, 0.5) is 10.3 Å². The molecule has 200 valence electrons. The van der Waals surface area contributed by atoms with Crippen molar-refractivity contribution in [3.05, 3.63) is 84.0 Å². The van der Waals surface area contributed by atoms with E-state index in [1.54, 1.807) is 29.2 Å². The largest absolute Gasteiger partial charge is 0.380 e. The predicted octanol–water partition coefficient (Wildman–Crippen LogP) is 3.17. The average Bonchev–Trinajstić information content (AvgIpc) is 3.56. The van der Waals surface area contributed by atoms with Crippen molar-refractivity contribution in [1.82, 2.24) is 29.6 Å². The maximum Gasteiger partial charge on any atom is 0.225 e. The highest BCUT2D eigenvalue weighted by molar-refractivity contribution is 6.01. The fourth-order valence-corrected chi connectivity index (χ4v) is 5.29. The van der Waals surface area contributed by atoms with Crippen LogP contribution < -0.4 is 4.90 Å². The summed E-state index contributed by atoms with van der Waals surface area (Å²) in [6.45, 7) is 2.72. The lowest BCUT2D eigenvalue weighted by molar-refractivity contribution is 0.0556. The molecule has 10 nitrogen and oxygen atoms in total. The Labute approximate surface area is 225 Å². The van der Waals surface area contributed by atoms with Crippen molar-refractivity contribution in [2.24, 2.45) is 18.0 Å². The highest BCUT2D eigenvalue weighted by Crippen LogP contribution is 2.49. The van der Waals surface area contributed by atoms with Gasteiger partial charge in [0.05, 0.1) is 11.9 Å². The van der Waals surface area contributed by atoms with E-state index in [1.165, 1.54) is 12.1 Å². The summed E-state index contributed by atoms with van der Waals surface area (Å²) in [6, 6.07) is 8.05. The molecule has 2 aliphatic rings. The van der Waals surface area contributed by atoms with Gasteiger partial charge in [0, 0.05) is 74.7 Å². The van der Waals surface area contributed by atoms with E-state index in [2.05, 4.69) is 34.8 Å². The maximum atomic E-state index is 13.5. The zero-order valence-electron chi connectivity index (χ0n) is 21.6. The van der Waals surface area contributed by atoms with Crippen LogP contribution in [0.2, 0.25) is 0 Å². The summed E-state index contributed by atoms with van der Waals surface area (Å²) >= 11 is 0. The molecule has 0 bridgehead atoms. The summed E-state index contributed by atoms with van der Waals surface area (Å²) in [5, 5.41) is 23.5. The third-order valence-corrected chi connectivity index (χ3v) is 7.54. The minimum Gasteiger partial charge on any atom is -0.380 e. The molecular formula is C28H30FN9O. The molecule has 2 fully saturated rings. The van der Waals surface area contributed by atoms with Crippen LogP contribution in [0.5, 0.6) is 0 Å². The lowest BCUT2D eigenvalue weighted by Crippen LogP contribution is -2.49. The zero-order valence-corrected chi connectivity index (χ0v) is 21.6. The van der Waals surface area contributed by atoms with Crippen molar-refractivity contribution < 1.29 is 9.50 Å². The lowest BCUT2D eigenvalue weighted by Gasteiger charge is -2.36. The van der Waals surface area contributed by atoms with E-state index in [0.29, 0.717) is 49.1 Å². The first-order chi connectivity index (χ1) is 19.0. The van der Waals surface area contributed by atoms with Gasteiger partial charge < -0.3 is 19.9 Å². The van der Waals surface area contributed by atoms with Crippen LogP contribution in [0.15, 0.2) is 66.3 Å². The van der Waals surface area contributed by atoms with Crippen molar-refractivity contribution >= 4 is 18.1 Å². The first-order valence-corrected chi connectivity index (χ1v) is 13.0. The minimum absolute atomic E-state index is 0.0687. The number of nitrogens with zero attached hydrogens (tertiary/aromatic N) is 7. The Balaban J connectivity index is 1.15. The van der Waals surface area contributed by atoms with E-state index >= 15 is 0 Å². The van der Waals surface area contributed by atoms with Crippen LogP contribution in [0.25, 0.3) is 11.1 Å². The number of aliphatic imine (C=N–C) groups is 1. The van der Waals surface area contributed by atoms with Crippen molar-refractivity contribution in [1.29, 1.82) is 5.41 Å². The van der Waals surface area contributed by atoms with Crippen LogP contribution in [0.3, 0.4) is 0 Å². The standard InChI is InChI=1S/C28H30FN9O/c1-36-17-20(14-35-36)19-12-25(31-13-19)26(34-18-30)37-8-10-38(11-9-37)27-32-15-23(16-33-27)28(39,21-2-3-21)22-4-6-24(29)7-5-22/h4-7,12-18,21,30-31,39H,2-3,8-11H2,1H3/b30-18?,34-26+/t28-/m0/s1. The summed E-state index contributed by atoms with van der Waals surface area (Å²) in [5.74, 6) is 1.05. The van der Waals surface area contributed by atoms with Crippen LogP contribution in [0.1, 0.15) is 29.7 Å². The number of aliphatic hydroxyl groups is 1. The normalized spacial score (nSPS) is 17.8. The van der Waals surface area contributed by atoms with Crippen molar-refractivity contribution in [3.8, 4) is 11.1 Å². The number of aromatic amines is 1. The van der Waals surface area contributed by atoms with Gasteiger partial charge in [-0.05, 0) is 42.5 Å². The predicted molar refractivity (Wildman–Crippen MR) is 146 cm³/mol. The molecule has 0 spiro atoms. The number of rotatable bonds is 7. The van der Waals surface area contributed by atoms with Gasteiger partial charge in [-0.25, -0.2) is 19.4 Å². The molecule has 1 aromatic carbocycles. The molecule has 3 aromatic heterocycles. The van der Waals surface area contributed by atoms with Gasteiger partial charge in [-0.2, -0.15) is 5.10 Å². The number of halogens is 1. The SMILES string of the molecule is Cn1cc(-c2c[nH]c(/C(=N\C=N)N3CCN(c4ncc([C@@](O)(c5ccc(F)cc5)C5CC5)cn4)CC3)c2)cn1. The van der Waals surface area contributed by atoms with Crippen molar-refractivity contribution in [2.45, 2.75) is 18.4 Å². The summed E-state index contributed by atoms with van der Waals surface area (Å²) in [4.78, 5) is 21.1. The number of amidine groups is 1. The van der Waals surface area contributed by atoms with Gasteiger partial charge in [0.2, 0.25) is 5.95 Å². The molecule has 1 atom stereocenters. The molecule has 1 aliphatic heterocycles. The topological polar surface area (TPSA) is 122 Å². The number of aryl methyl sites for hydroxylation is 1. The monoisotopic (exact) mass is 527 g/mol. The number of anilines is 1. The van der Waals surface area contributed by atoms with E-state index in [9.17, 15) is 9.50 Å². The highest BCUT2D eigenvalue weighted by atomic mass is 19.1. The first kappa shape index (κ1) is 24.9. The van der Waals surface area contributed by atoms with Gasteiger partial charge >= 0.3 is 0 Å². The van der Waals surface area contributed by atoms with Crippen molar-refractivity contribution in [3.63, 3.8) is 0 Å². The fourth-order valence-electron chi connectivity index (χ4n) is 5.29. The smallest absolute Gasteiger partial charge is 0.225 e. The number of nitrogens with one attached hydrogen (secondary N) is 2. The van der Waals surface area contributed by atoms with Gasteiger partial charge in [-0.1, -0.05) is 12.1 Å². The second-order valence-electron chi connectivity index (χ2n) is 10.1. The Bertz CT molecular complexity index is 1480. The second kappa shape index (κ2) is 10.1. The molecule has 4 aromatic rings. The molecule has 1 aliphatic carbocycles. The van der Waals surface area contributed by atoms with Crippen molar-refractivity contribution in [2.75, 3.05) is 31.1 Å². The van der Waals surface area contributed by atoms with Gasteiger partial charge in [0.25, 0.3) is 0 Å². The van der Waals surface area contributed by atoms with Gasteiger partial charge in [0.1, 0.15) is 17.8 Å². The molecule has 6 rings (SSSR count). The fraction of sp³-hybridized carbons (Fsp3) is 0.321. The molecule has 1 saturated heterocycles. The van der Waals surface area contributed by atoms with E-state index < -0.39 is 5.60 Å². The Morgan fingerprint density at radius 3 is 2.41 bits per heavy atom. The van der Waals surface area contributed by atoms with Gasteiger partial charge in [-0.3, -0.25) is 10.1 Å². The third-order valence-electron chi connectivity index (χ3n) is 7.54. The number of benzene rings is 1. The molecule has 0 unspecified atom stereocenters.